The average Bonchev–Trinajstić information content (AvgIpc) is 3.18. The molecule has 2 aliphatic rings. The summed E-state index contributed by atoms with van der Waals surface area (Å²) in [6, 6.07) is 0.543. The number of hydrogen-bond donors (Lipinski definition) is 3. The van der Waals surface area contributed by atoms with Crippen LogP contribution in [0.2, 0.25) is 0 Å². The molecule has 0 bridgehead atoms. The Hall–Kier alpha value is -1.89. The van der Waals surface area contributed by atoms with E-state index in [0.717, 1.165) is 42.9 Å². The fraction of sp³-hybridized carbons (Fsp3) is 0.583. The number of nitrogens with one attached hydrogen (secondary N) is 3. The third-order valence-corrected chi connectivity index (χ3v) is 4.18. The second-order valence-corrected chi connectivity index (χ2v) is 5.29. The first-order chi connectivity index (χ1) is 9.42. The number of rotatable bonds is 2. The zero-order valence-corrected chi connectivity index (χ0v) is 10.6. The fourth-order valence-electron chi connectivity index (χ4n) is 3.21. The standard InChI is InChI=1S/C12H17N7/c1-2-8-4-13-7-10(8)19(3-1)12-16-11(17-18-12)9-5-14-15-6-9/h5-6,8,10,13H,1-4,7H2,(H,14,15)(H,16,17,18). The molecule has 0 saturated carbocycles. The van der Waals surface area contributed by atoms with Crippen LogP contribution in [0.5, 0.6) is 0 Å². The van der Waals surface area contributed by atoms with Crippen LogP contribution in [0.4, 0.5) is 5.95 Å². The van der Waals surface area contributed by atoms with Crippen molar-refractivity contribution >= 4 is 5.95 Å². The molecule has 19 heavy (non-hydrogen) atoms. The van der Waals surface area contributed by atoms with Crippen molar-refractivity contribution in [1.29, 1.82) is 0 Å². The quantitative estimate of drug-likeness (QED) is 0.726. The maximum Gasteiger partial charge on any atom is 0.245 e. The number of hydrogen-bond acceptors (Lipinski definition) is 5. The minimum absolute atomic E-state index is 0.543. The molecule has 3 N–H and O–H groups in total. The van der Waals surface area contributed by atoms with E-state index < -0.39 is 0 Å². The summed E-state index contributed by atoms with van der Waals surface area (Å²) in [4.78, 5) is 6.95. The van der Waals surface area contributed by atoms with Crippen LogP contribution in [0.15, 0.2) is 12.4 Å². The van der Waals surface area contributed by atoms with Gasteiger partial charge in [0.1, 0.15) is 0 Å². The highest BCUT2D eigenvalue weighted by Crippen LogP contribution is 2.29. The number of aromatic nitrogens is 5. The maximum atomic E-state index is 4.61. The molecule has 0 amide bonds. The van der Waals surface area contributed by atoms with Crippen LogP contribution in [0.1, 0.15) is 12.8 Å². The highest BCUT2D eigenvalue weighted by Gasteiger charge is 2.36. The van der Waals surface area contributed by atoms with Crippen molar-refractivity contribution in [3.63, 3.8) is 0 Å². The second-order valence-electron chi connectivity index (χ2n) is 5.29. The zero-order valence-electron chi connectivity index (χ0n) is 10.6. The van der Waals surface area contributed by atoms with Crippen molar-refractivity contribution in [2.45, 2.75) is 18.9 Å². The third-order valence-electron chi connectivity index (χ3n) is 4.18. The van der Waals surface area contributed by atoms with E-state index in [0.29, 0.717) is 6.04 Å². The van der Waals surface area contributed by atoms with Crippen LogP contribution in [0.3, 0.4) is 0 Å². The second kappa shape index (κ2) is 4.34. The molecule has 2 unspecified atom stereocenters. The summed E-state index contributed by atoms with van der Waals surface area (Å²) in [5, 5.41) is 17.6. The molecular formula is C12H17N7. The van der Waals surface area contributed by atoms with Crippen molar-refractivity contribution in [1.82, 2.24) is 30.7 Å². The van der Waals surface area contributed by atoms with E-state index in [4.69, 9.17) is 0 Å². The van der Waals surface area contributed by atoms with Gasteiger partial charge in [0.25, 0.3) is 0 Å². The van der Waals surface area contributed by atoms with E-state index in [9.17, 15) is 0 Å². The van der Waals surface area contributed by atoms with Gasteiger partial charge < -0.3 is 10.2 Å². The van der Waals surface area contributed by atoms with E-state index in [-0.39, 0.29) is 0 Å². The van der Waals surface area contributed by atoms with Crippen molar-refractivity contribution in [2.24, 2.45) is 5.92 Å². The molecule has 2 aromatic rings. The first-order valence-electron chi connectivity index (χ1n) is 6.81. The van der Waals surface area contributed by atoms with Crippen molar-refractivity contribution in [2.75, 3.05) is 24.5 Å². The molecule has 2 aromatic heterocycles. The highest BCUT2D eigenvalue weighted by molar-refractivity contribution is 5.54. The molecule has 2 fully saturated rings. The van der Waals surface area contributed by atoms with Crippen LogP contribution in [-0.2, 0) is 0 Å². The molecule has 4 rings (SSSR count). The van der Waals surface area contributed by atoms with Crippen LogP contribution in [-0.4, -0.2) is 51.1 Å². The normalized spacial score (nSPS) is 26.6. The lowest BCUT2D eigenvalue weighted by molar-refractivity contribution is 0.381. The zero-order chi connectivity index (χ0) is 12.7. The van der Waals surface area contributed by atoms with E-state index in [1.807, 2.05) is 6.20 Å². The van der Waals surface area contributed by atoms with Gasteiger partial charge >= 0.3 is 0 Å². The third kappa shape index (κ3) is 1.81. The topological polar surface area (TPSA) is 85.5 Å². The van der Waals surface area contributed by atoms with E-state index >= 15 is 0 Å². The molecule has 7 nitrogen and oxygen atoms in total. The highest BCUT2D eigenvalue weighted by atomic mass is 15.4. The molecule has 0 aliphatic carbocycles. The number of piperidine rings is 1. The van der Waals surface area contributed by atoms with Crippen molar-refractivity contribution < 1.29 is 0 Å². The molecule has 7 heteroatoms. The summed E-state index contributed by atoms with van der Waals surface area (Å²) in [7, 11) is 0. The minimum atomic E-state index is 0.543. The number of fused-ring (bicyclic) bond motifs is 1. The van der Waals surface area contributed by atoms with Gasteiger partial charge in [0, 0.05) is 31.9 Å². The summed E-state index contributed by atoms with van der Waals surface area (Å²) in [6.45, 7) is 3.21. The molecule has 0 aromatic carbocycles. The lowest BCUT2D eigenvalue weighted by Gasteiger charge is -2.36. The number of anilines is 1. The van der Waals surface area contributed by atoms with Crippen LogP contribution in [0.25, 0.3) is 11.4 Å². The smallest absolute Gasteiger partial charge is 0.245 e. The van der Waals surface area contributed by atoms with Crippen LogP contribution < -0.4 is 10.2 Å². The Morgan fingerprint density at radius 2 is 2.32 bits per heavy atom. The SMILES string of the molecule is c1n[nH]cc1-c1nc(N2CCCC3CNCC32)n[nH]1. The Morgan fingerprint density at radius 1 is 1.32 bits per heavy atom. The average molecular weight is 259 g/mol. The Kier molecular flexibility index (Phi) is 2.51. The summed E-state index contributed by atoms with van der Waals surface area (Å²) in [5.74, 6) is 2.33. The van der Waals surface area contributed by atoms with Gasteiger partial charge in [-0.1, -0.05) is 0 Å². The van der Waals surface area contributed by atoms with Gasteiger partial charge in [0.2, 0.25) is 5.95 Å². The predicted molar refractivity (Wildman–Crippen MR) is 70.7 cm³/mol. The van der Waals surface area contributed by atoms with Gasteiger partial charge in [-0.05, 0) is 18.8 Å². The van der Waals surface area contributed by atoms with Crippen LogP contribution in [0, 0.1) is 5.92 Å². The van der Waals surface area contributed by atoms with Gasteiger partial charge in [-0.2, -0.15) is 10.1 Å². The van der Waals surface area contributed by atoms with E-state index in [1.165, 1.54) is 12.8 Å². The van der Waals surface area contributed by atoms with Crippen molar-refractivity contribution in [3.05, 3.63) is 12.4 Å². The van der Waals surface area contributed by atoms with Gasteiger partial charge in [-0.15, -0.1) is 5.10 Å². The first-order valence-corrected chi connectivity index (χ1v) is 6.81. The molecule has 2 saturated heterocycles. The van der Waals surface area contributed by atoms with Gasteiger partial charge in [-0.25, -0.2) is 0 Å². The molecule has 2 aliphatic heterocycles. The van der Waals surface area contributed by atoms with E-state index in [1.54, 1.807) is 6.20 Å². The molecule has 0 spiro atoms. The Morgan fingerprint density at radius 3 is 3.21 bits per heavy atom. The fourth-order valence-corrected chi connectivity index (χ4v) is 3.21. The van der Waals surface area contributed by atoms with E-state index in [2.05, 4.69) is 35.6 Å². The first kappa shape index (κ1) is 11.0. The molecule has 0 radical (unpaired) electrons. The van der Waals surface area contributed by atoms with Gasteiger partial charge in [-0.3, -0.25) is 10.2 Å². The Balaban J connectivity index is 1.62. The summed E-state index contributed by atoms with van der Waals surface area (Å²) < 4.78 is 0. The van der Waals surface area contributed by atoms with Crippen molar-refractivity contribution in [3.8, 4) is 11.4 Å². The lowest BCUT2D eigenvalue weighted by Crippen LogP contribution is -2.45. The van der Waals surface area contributed by atoms with Crippen LogP contribution >= 0.6 is 0 Å². The Bertz CT molecular complexity index is 546. The monoisotopic (exact) mass is 259 g/mol. The van der Waals surface area contributed by atoms with Gasteiger partial charge in [0.15, 0.2) is 5.82 Å². The molecule has 4 heterocycles. The maximum absolute atomic E-state index is 4.61. The molecular weight excluding hydrogens is 242 g/mol. The summed E-state index contributed by atoms with van der Waals surface area (Å²) >= 11 is 0. The number of aromatic amines is 2. The molecule has 2 atom stereocenters. The Labute approximate surface area is 110 Å². The predicted octanol–water partition coefficient (Wildman–Crippen LogP) is 0.383. The van der Waals surface area contributed by atoms with Gasteiger partial charge in [0.05, 0.1) is 11.8 Å². The number of nitrogens with zero attached hydrogens (tertiary/aromatic N) is 4. The minimum Gasteiger partial charge on any atom is -0.335 e. The number of H-pyrrole nitrogens is 2. The summed E-state index contributed by atoms with van der Waals surface area (Å²) in [6.07, 6.45) is 6.10. The lowest BCUT2D eigenvalue weighted by atomic mass is 9.92. The molecule has 100 valence electrons. The summed E-state index contributed by atoms with van der Waals surface area (Å²) in [5.41, 5.74) is 0.942. The largest absolute Gasteiger partial charge is 0.335 e.